The first kappa shape index (κ1) is 11.4. The van der Waals surface area contributed by atoms with E-state index in [1.165, 1.54) is 51.4 Å². The molecule has 2 saturated carbocycles. The lowest BCUT2D eigenvalue weighted by atomic mass is 9.79. The summed E-state index contributed by atoms with van der Waals surface area (Å²) in [5.74, 6) is 1.85. The Morgan fingerprint density at radius 2 is 1.60 bits per heavy atom. The molecule has 2 rings (SSSR count). The van der Waals surface area contributed by atoms with Crippen molar-refractivity contribution < 1.29 is 0 Å². The zero-order valence-corrected chi connectivity index (χ0v) is 10.5. The molecule has 3 atom stereocenters. The second-order valence-electron chi connectivity index (χ2n) is 6.00. The first-order valence-corrected chi connectivity index (χ1v) is 7.01. The molecule has 0 amide bonds. The van der Waals surface area contributed by atoms with E-state index in [0.29, 0.717) is 0 Å². The van der Waals surface area contributed by atoms with Crippen LogP contribution >= 0.6 is 0 Å². The molecule has 0 aliphatic heterocycles. The summed E-state index contributed by atoms with van der Waals surface area (Å²) in [5, 5.41) is 3.94. The van der Waals surface area contributed by atoms with Crippen molar-refractivity contribution in [1.82, 2.24) is 5.32 Å². The van der Waals surface area contributed by atoms with Crippen LogP contribution < -0.4 is 5.32 Å². The van der Waals surface area contributed by atoms with Gasteiger partial charge in [-0.1, -0.05) is 39.5 Å². The summed E-state index contributed by atoms with van der Waals surface area (Å²) in [4.78, 5) is 0. The average Bonchev–Trinajstić information content (AvgIpc) is 2.25. The molecule has 0 aromatic rings. The van der Waals surface area contributed by atoms with Gasteiger partial charge in [-0.05, 0) is 37.5 Å². The summed E-state index contributed by atoms with van der Waals surface area (Å²) >= 11 is 0. The van der Waals surface area contributed by atoms with Gasteiger partial charge in [0.05, 0.1) is 0 Å². The van der Waals surface area contributed by atoms with E-state index in [4.69, 9.17) is 0 Å². The Morgan fingerprint density at radius 1 is 0.867 bits per heavy atom. The fourth-order valence-electron chi connectivity index (χ4n) is 3.34. The molecule has 1 nitrogen and oxygen atoms in total. The van der Waals surface area contributed by atoms with Gasteiger partial charge < -0.3 is 5.32 Å². The van der Waals surface area contributed by atoms with E-state index < -0.39 is 0 Å². The molecule has 2 aliphatic carbocycles. The van der Waals surface area contributed by atoms with Gasteiger partial charge in [0, 0.05) is 12.1 Å². The van der Waals surface area contributed by atoms with E-state index in [1.807, 2.05) is 0 Å². The van der Waals surface area contributed by atoms with Gasteiger partial charge in [0.1, 0.15) is 0 Å². The van der Waals surface area contributed by atoms with E-state index in [2.05, 4.69) is 19.2 Å². The Bertz CT molecular complexity index is 184. The van der Waals surface area contributed by atoms with Gasteiger partial charge in [0.15, 0.2) is 0 Å². The molecule has 1 heteroatoms. The van der Waals surface area contributed by atoms with Crippen LogP contribution in [0.1, 0.15) is 65.2 Å². The number of hydrogen-bond donors (Lipinski definition) is 1. The number of rotatable bonds is 2. The van der Waals surface area contributed by atoms with E-state index >= 15 is 0 Å². The van der Waals surface area contributed by atoms with Crippen molar-refractivity contribution in [2.24, 2.45) is 11.8 Å². The lowest BCUT2D eigenvalue weighted by molar-refractivity contribution is 0.198. The normalized spacial score (nSPS) is 39.2. The summed E-state index contributed by atoms with van der Waals surface area (Å²) in [7, 11) is 0. The highest BCUT2D eigenvalue weighted by atomic mass is 15.0. The molecular weight excluding hydrogens is 182 g/mol. The van der Waals surface area contributed by atoms with Crippen molar-refractivity contribution in [2.45, 2.75) is 77.3 Å². The summed E-state index contributed by atoms with van der Waals surface area (Å²) in [6.45, 7) is 4.85. The Labute approximate surface area is 95.0 Å². The van der Waals surface area contributed by atoms with Crippen molar-refractivity contribution >= 4 is 0 Å². The first-order valence-electron chi connectivity index (χ1n) is 7.01. The lowest BCUT2D eigenvalue weighted by Crippen LogP contribution is -2.45. The Kier molecular flexibility index (Phi) is 4.07. The third-order valence-electron chi connectivity index (χ3n) is 4.51. The fourth-order valence-corrected chi connectivity index (χ4v) is 3.34. The molecule has 0 spiro atoms. The monoisotopic (exact) mass is 209 g/mol. The minimum atomic E-state index is 0.817. The van der Waals surface area contributed by atoms with Crippen LogP contribution in [0.2, 0.25) is 0 Å². The molecule has 2 aliphatic rings. The zero-order valence-electron chi connectivity index (χ0n) is 10.5. The van der Waals surface area contributed by atoms with E-state index in [0.717, 1.165) is 23.9 Å². The molecule has 0 radical (unpaired) electrons. The number of hydrogen-bond acceptors (Lipinski definition) is 1. The minimum absolute atomic E-state index is 0.817. The van der Waals surface area contributed by atoms with Crippen LogP contribution in [0.25, 0.3) is 0 Å². The molecular formula is C14H27N. The van der Waals surface area contributed by atoms with Gasteiger partial charge in [-0.15, -0.1) is 0 Å². The highest BCUT2D eigenvalue weighted by molar-refractivity contribution is 4.85. The van der Waals surface area contributed by atoms with E-state index in [9.17, 15) is 0 Å². The third-order valence-corrected chi connectivity index (χ3v) is 4.51. The summed E-state index contributed by atoms with van der Waals surface area (Å²) < 4.78 is 0. The maximum Gasteiger partial charge on any atom is 0.00978 e. The van der Waals surface area contributed by atoms with Gasteiger partial charge in [0.25, 0.3) is 0 Å². The molecule has 3 unspecified atom stereocenters. The number of nitrogens with one attached hydrogen (secondary N) is 1. The van der Waals surface area contributed by atoms with Gasteiger partial charge in [-0.2, -0.15) is 0 Å². The first-order chi connectivity index (χ1) is 7.25. The zero-order chi connectivity index (χ0) is 10.7. The van der Waals surface area contributed by atoms with E-state index in [-0.39, 0.29) is 0 Å². The standard InChI is InChI=1S/C14H27N/c1-11-8-9-12(2)14(10-11)15-13-6-4-3-5-7-13/h11-15H,3-10H2,1-2H3. The Hall–Kier alpha value is -0.0400. The van der Waals surface area contributed by atoms with Crippen LogP contribution in [0.15, 0.2) is 0 Å². The quantitative estimate of drug-likeness (QED) is 0.730. The molecule has 0 heterocycles. The summed E-state index contributed by atoms with van der Waals surface area (Å²) in [6.07, 6.45) is 11.5. The van der Waals surface area contributed by atoms with Crippen molar-refractivity contribution in [1.29, 1.82) is 0 Å². The van der Waals surface area contributed by atoms with Gasteiger partial charge >= 0.3 is 0 Å². The molecule has 2 fully saturated rings. The molecule has 15 heavy (non-hydrogen) atoms. The van der Waals surface area contributed by atoms with Crippen molar-refractivity contribution in [3.63, 3.8) is 0 Å². The highest BCUT2D eigenvalue weighted by Crippen LogP contribution is 2.30. The predicted octanol–water partition coefficient (Wildman–Crippen LogP) is 3.73. The van der Waals surface area contributed by atoms with Crippen LogP contribution in [0.3, 0.4) is 0 Å². The molecule has 1 N–H and O–H groups in total. The fraction of sp³-hybridized carbons (Fsp3) is 1.00. The maximum absolute atomic E-state index is 3.94. The van der Waals surface area contributed by atoms with Gasteiger partial charge in [0.2, 0.25) is 0 Å². The minimum Gasteiger partial charge on any atom is -0.311 e. The molecule has 0 saturated heterocycles. The summed E-state index contributed by atoms with van der Waals surface area (Å²) in [5.41, 5.74) is 0. The second kappa shape index (κ2) is 5.34. The molecule has 0 aromatic carbocycles. The topological polar surface area (TPSA) is 12.0 Å². The largest absolute Gasteiger partial charge is 0.311 e. The van der Waals surface area contributed by atoms with Gasteiger partial charge in [-0.25, -0.2) is 0 Å². The SMILES string of the molecule is CC1CCC(C)C(NC2CCCCC2)C1. The van der Waals surface area contributed by atoms with Crippen LogP contribution in [0.5, 0.6) is 0 Å². The highest BCUT2D eigenvalue weighted by Gasteiger charge is 2.27. The molecule has 88 valence electrons. The third kappa shape index (κ3) is 3.21. The van der Waals surface area contributed by atoms with Crippen molar-refractivity contribution in [3.05, 3.63) is 0 Å². The van der Waals surface area contributed by atoms with Crippen LogP contribution in [-0.2, 0) is 0 Å². The maximum atomic E-state index is 3.94. The van der Waals surface area contributed by atoms with Crippen LogP contribution in [0, 0.1) is 11.8 Å². The van der Waals surface area contributed by atoms with Crippen LogP contribution in [0.4, 0.5) is 0 Å². The van der Waals surface area contributed by atoms with E-state index in [1.54, 1.807) is 0 Å². The van der Waals surface area contributed by atoms with Crippen molar-refractivity contribution in [2.75, 3.05) is 0 Å². The predicted molar refractivity (Wildman–Crippen MR) is 66.0 cm³/mol. The second-order valence-corrected chi connectivity index (χ2v) is 6.00. The smallest absolute Gasteiger partial charge is 0.00978 e. The average molecular weight is 209 g/mol. The summed E-state index contributed by atoms with van der Waals surface area (Å²) in [6, 6.07) is 1.66. The van der Waals surface area contributed by atoms with Crippen LogP contribution in [-0.4, -0.2) is 12.1 Å². The molecule has 0 bridgehead atoms. The molecule has 0 aromatic heterocycles. The van der Waals surface area contributed by atoms with Gasteiger partial charge in [-0.3, -0.25) is 0 Å². The Morgan fingerprint density at radius 3 is 2.33 bits per heavy atom. The van der Waals surface area contributed by atoms with Crippen molar-refractivity contribution in [3.8, 4) is 0 Å². The Balaban J connectivity index is 1.80. The lowest BCUT2D eigenvalue weighted by Gasteiger charge is -2.37.